The topological polar surface area (TPSA) is 105 Å². The van der Waals surface area contributed by atoms with E-state index in [1.54, 1.807) is 67.1 Å². The average molecular weight is 597 g/mol. The number of hydrogen-bond acceptors (Lipinski definition) is 6. The van der Waals surface area contributed by atoms with E-state index in [0.29, 0.717) is 46.9 Å². The molecule has 5 rings (SSSR count). The van der Waals surface area contributed by atoms with Gasteiger partial charge in [0.25, 0.3) is 5.91 Å². The number of rotatable bonds is 10. The molecule has 1 aliphatic heterocycles. The molecule has 0 radical (unpaired) electrons. The molecule has 1 aromatic heterocycles. The van der Waals surface area contributed by atoms with E-state index >= 15 is 4.39 Å². The summed E-state index contributed by atoms with van der Waals surface area (Å²) in [4.78, 5) is 28.8. The number of benzene rings is 3. The summed E-state index contributed by atoms with van der Waals surface area (Å²) in [5.74, 6) is -0.764. The number of hydrogen-bond donors (Lipinski definition) is 2. The number of aliphatic imine (C=N–C) groups is 2. The Bertz CT molecular complexity index is 1680. The number of pyridine rings is 1. The molecule has 0 spiro atoms. The Morgan fingerprint density at radius 2 is 1.84 bits per heavy atom. The molecule has 2 heterocycles. The molecule has 4 aromatic rings. The predicted octanol–water partition coefficient (Wildman–Crippen LogP) is 6.05. The van der Waals surface area contributed by atoms with Crippen LogP contribution < -0.4 is 15.8 Å². The number of nitrogens with one attached hydrogen (secondary N) is 1. The van der Waals surface area contributed by atoms with Gasteiger partial charge in [0.1, 0.15) is 28.9 Å². The Morgan fingerprint density at radius 1 is 1.07 bits per heavy atom. The summed E-state index contributed by atoms with van der Waals surface area (Å²) >= 11 is 0. The van der Waals surface area contributed by atoms with Gasteiger partial charge in [0.05, 0.1) is 36.3 Å². The molecular formula is C34H34F2N6O2. The van der Waals surface area contributed by atoms with Gasteiger partial charge in [-0.2, -0.15) is 0 Å². The van der Waals surface area contributed by atoms with Gasteiger partial charge in [-0.15, -0.1) is 0 Å². The number of amides is 1. The first-order valence-corrected chi connectivity index (χ1v) is 14.4. The van der Waals surface area contributed by atoms with Crippen molar-refractivity contribution in [2.75, 3.05) is 13.1 Å². The highest BCUT2D eigenvalue weighted by Crippen LogP contribution is 2.30. The monoisotopic (exact) mass is 596 g/mol. The van der Waals surface area contributed by atoms with Gasteiger partial charge in [-0.1, -0.05) is 30.3 Å². The smallest absolute Gasteiger partial charge is 0.255 e. The van der Waals surface area contributed by atoms with Crippen LogP contribution in [0.5, 0.6) is 5.75 Å². The molecule has 3 N–H and O–H groups in total. The van der Waals surface area contributed by atoms with Crippen molar-refractivity contribution in [1.29, 1.82) is 0 Å². The van der Waals surface area contributed by atoms with E-state index in [1.807, 2.05) is 31.7 Å². The fourth-order valence-electron chi connectivity index (χ4n) is 4.88. The van der Waals surface area contributed by atoms with Gasteiger partial charge in [-0.25, -0.2) is 13.8 Å². The summed E-state index contributed by atoms with van der Waals surface area (Å²) in [5, 5.41) is 3.02. The molecule has 1 aliphatic rings. The zero-order valence-corrected chi connectivity index (χ0v) is 24.7. The zero-order valence-electron chi connectivity index (χ0n) is 24.7. The fourth-order valence-corrected chi connectivity index (χ4v) is 4.88. The van der Waals surface area contributed by atoms with E-state index in [1.165, 1.54) is 18.2 Å². The van der Waals surface area contributed by atoms with Crippen molar-refractivity contribution in [2.45, 2.75) is 39.0 Å². The summed E-state index contributed by atoms with van der Waals surface area (Å²) in [5.41, 5.74) is 9.04. The lowest BCUT2D eigenvalue weighted by Crippen LogP contribution is -2.40. The third kappa shape index (κ3) is 7.26. The first-order chi connectivity index (χ1) is 21.2. The Hall–Kier alpha value is -5.12. The summed E-state index contributed by atoms with van der Waals surface area (Å²) in [6, 6.07) is 20.3. The van der Waals surface area contributed by atoms with Gasteiger partial charge in [0, 0.05) is 30.4 Å². The maximum atomic E-state index is 15.7. The van der Waals surface area contributed by atoms with Crippen LogP contribution >= 0.6 is 0 Å². The Morgan fingerprint density at radius 3 is 2.50 bits per heavy atom. The summed E-state index contributed by atoms with van der Waals surface area (Å²) in [7, 11) is 0. The fraction of sp³-hybridized carbons (Fsp3) is 0.235. The van der Waals surface area contributed by atoms with Crippen LogP contribution in [0.15, 0.2) is 95.0 Å². The van der Waals surface area contributed by atoms with Crippen molar-refractivity contribution in [3.63, 3.8) is 0 Å². The number of ether oxygens (including phenoxy) is 1. The second kappa shape index (κ2) is 13.5. The van der Waals surface area contributed by atoms with E-state index in [-0.39, 0.29) is 29.4 Å². The van der Waals surface area contributed by atoms with Crippen molar-refractivity contribution < 1.29 is 18.3 Å². The second-order valence-electron chi connectivity index (χ2n) is 10.9. The number of aromatic nitrogens is 1. The standard InChI is InChI=1S/C34H34F2N6O2/c1-21(2)44-32-17-26(40-33(37)30-6-4-5-15-39-30)12-14-28(32)34(43)41-31(19-42-20-38-18-22(42)3)27-13-9-24(16-29(27)36)23-7-10-25(35)11-8-23/h4-17,20-22,31H,18-19H2,1-3H3,(H2,37,40)(H,41,43)/t22?,31-/m0/s1. The molecule has 1 unspecified atom stereocenters. The highest BCUT2D eigenvalue weighted by molar-refractivity contribution is 5.99. The predicted molar refractivity (Wildman–Crippen MR) is 168 cm³/mol. The first kappa shape index (κ1) is 30.3. The maximum Gasteiger partial charge on any atom is 0.255 e. The minimum absolute atomic E-state index is 0.0949. The minimum atomic E-state index is -0.721. The molecule has 10 heteroatoms. The maximum absolute atomic E-state index is 15.7. The number of amidine groups is 1. The van der Waals surface area contributed by atoms with Crippen LogP contribution in [0.4, 0.5) is 14.5 Å². The quantitative estimate of drug-likeness (QED) is 0.171. The Kier molecular flexibility index (Phi) is 9.28. The van der Waals surface area contributed by atoms with E-state index in [0.717, 1.165) is 0 Å². The average Bonchev–Trinajstić information content (AvgIpc) is 3.41. The van der Waals surface area contributed by atoms with Crippen LogP contribution in [0.2, 0.25) is 0 Å². The molecule has 0 fully saturated rings. The number of halogens is 2. The van der Waals surface area contributed by atoms with Gasteiger partial charge < -0.3 is 20.7 Å². The van der Waals surface area contributed by atoms with Crippen LogP contribution in [0, 0.1) is 11.6 Å². The molecular weight excluding hydrogens is 562 g/mol. The third-order valence-electron chi connectivity index (χ3n) is 7.17. The molecule has 44 heavy (non-hydrogen) atoms. The highest BCUT2D eigenvalue weighted by Gasteiger charge is 2.26. The number of carbonyl (C=O) groups is 1. The first-order valence-electron chi connectivity index (χ1n) is 14.4. The molecule has 0 bridgehead atoms. The molecule has 0 aliphatic carbocycles. The molecule has 0 saturated carbocycles. The SMILES string of the molecule is CC(C)Oc1cc(N=C(N)c2ccccn2)ccc1C(=O)N[C@@H](CN1C=NCC1C)c1ccc(-c2ccc(F)cc2)cc1F. The van der Waals surface area contributed by atoms with Crippen LogP contribution in [0.1, 0.15) is 48.4 Å². The van der Waals surface area contributed by atoms with Crippen LogP contribution in [0.25, 0.3) is 11.1 Å². The van der Waals surface area contributed by atoms with E-state index in [4.69, 9.17) is 10.5 Å². The zero-order chi connectivity index (χ0) is 31.2. The van der Waals surface area contributed by atoms with Gasteiger partial charge in [-0.3, -0.25) is 14.8 Å². The van der Waals surface area contributed by atoms with Crippen molar-refractivity contribution >= 4 is 23.8 Å². The van der Waals surface area contributed by atoms with Gasteiger partial charge in [0.2, 0.25) is 0 Å². The summed E-state index contributed by atoms with van der Waals surface area (Å²) in [6.45, 7) is 6.64. The number of carbonyl (C=O) groups excluding carboxylic acids is 1. The third-order valence-corrected chi connectivity index (χ3v) is 7.17. The molecule has 3 aromatic carbocycles. The summed E-state index contributed by atoms with van der Waals surface area (Å²) in [6.07, 6.45) is 3.12. The van der Waals surface area contributed by atoms with E-state index in [2.05, 4.69) is 20.3 Å². The van der Waals surface area contributed by atoms with E-state index < -0.39 is 17.8 Å². The summed E-state index contributed by atoms with van der Waals surface area (Å²) < 4.78 is 35.2. The second-order valence-corrected chi connectivity index (χ2v) is 10.9. The largest absolute Gasteiger partial charge is 0.490 e. The lowest BCUT2D eigenvalue weighted by atomic mass is 9.99. The van der Waals surface area contributed by atoms with E-state index in [9.17, 15) is 9.18 Å². The van der Waals surface area contributed by atoms with Gasteiger partial charge >= 0.3 is 0 Å². The van der Waals surface area contributed by atoms with Gasteiger partial charge in [0.15, 0.2) is 0 Å². The Labute approximate surface area is 255 Å². The van der Waals surface area contributed by atoms with Crippen LogP contribution in [-0.2, 0) is 0 Å². The minimum Gasteiger partial charge on any atom is -0.490 e. The molecule has 226 valence electrons. The van der Waals surface area contributed by atoms with Gasteiger partial charge in [-0.05, 0) is 74.4 Å². The van der Waals surface area contributed by atoms with Crippen molar-refractivity contribution in [3.8, 4) is 16.9 Å². The van der Waals surface area contributed by atoms with Crippen LogP contribution in [0.3, 0.4) is 0 Å². The number of nitrogens with zero attached hydrogens (tertiary/aromatic N) is 4. The highest BCUT2D eigenvalue weighted by atomic mass is 19.1. The van der Waals surface area contributed by atoms with Crippen molar-refractivity contribution in [3.05, 3.63) is 114 Å². The number of nitrogens with two attached hydrogens (primary N) is 1. The normalized spacial score (nSPS) is 15.5. The lowest BCUT2D eigenvalue weighted by Gasteiger charge is -2.28. The molecule has 0 saturated heterocycles. The lowest BCUT2D eigenvalue weighted by molar-refractivity contribution is 0.0923. The Balaban J connectivity index is 1.45. The van der Waals surface area contributed by atoms with Crippen LogP contribution in [-0.4, -0.2) is 53.2 Å². The van der Waals surface area contributed by atoms with Crippen molar-refractivity contribution in [2.24, 2.45) is 15.7 Å². The molecule has 8 nitrogen and oxygen atoms in total. The molecule has 2 atom stereocenters. The van der Waals surface area contributed by atoms with Crippen molar-refractivity contribution in [1.82, 2.24) is 15.2 Å². The molecule has 1 amide bonds.